The van der Waals surface area contributed by atoms with Crippen LogP contribution in [0, 0.1) is 24.2 Å². The highest BCUT2D eigenvalue weighted by atomic mass is 32.2. The summed E-state index contributed by atoms with van der Waals surface area (Å²) < 4.78 is 45.5. The first-order valence-corrected chi connectivity index (χ1v) is 16.9. The minimum absolute atomic E-state index is 0.0585. The highest BCUT2D eigenvalue weighted by Gasteiger charge is 2.18. The normalized spacial score (nSPS) is 14.5. The molecule has 0 aliphatic carbocycles. The van der Waals surface area contributed by atoms with Crippen LogP contribution in [0.4, 0.5) is 11.4 Å². The molecule has 0 amide bonds. The molecular formula is C36H39N3O5S. The SMILES string of the molecule is CCCS(=O)(=O)Nc1cccc(N(Cc2ccc(Oc3cccc(OCC4CCOC4)c3)cc2)Cc2cccc(C#N)c2)c1C. The third kappa shape index (κ3) is 9.00. The van der Waals surface area contributed by atoms with Crippen molar-refractivity contribution in [3.8, 4) is 23.3 Å². The predicted octanol–water partition coefficient (Wildman–Crippen LogP) is 7.43. The molecule has 1 atom stereocenters. The molecule has 4 aromatic carbocycles. The van der Waals surface area contributed by atoms with Gasteiger partial charge in [0.25, 0.3) is 0 Å². The van der Waals surface area contributed by atoms with Crippen LogP contribution < -0.4 is 19.1 Å². The maximum Gasteiger partial charge on any atom is 0.232 e. The molecule has 1 unspecified atom stereocenters. The van der Waals surface area contributed by atoms with Crippen LogP contribution >= 0.6 is 0 Å². The Kier molecular flexibility index (Phi) is 10.6. The maximum atomic E-state index is 12.6. The fourth-order valence-electron chi connectivity index (χ4n) is 5.33. The number of hydrogen-bond acceptors (Lipinski definition) is 7. The first-order chi connectivity index (χ1) is 21.8. The van der Waals surface area contributed by atoms with E-state index in [1.165, 1.54) is 0 Å². The van der Waals surface area contributed by atoms with Gasteiger partial charge < -0.3 is 19.1 Å². The fourth-order valence-corrected chi connectivity index (χ4v) is 6.52. The third-order valence-electron chi connectivity index (χ3n) is 7.66. The quantitative estimate of drug-likeness (QED) is 0.156. The highest BCUT2D eigenvalue weighted by molar-refractivity contribution is 7.92. The second-order valence-electron chi connectivity index (χ2n) is 11.3. The summed E-state index contributed by atoms with van der Waals surface area (Å²) in [7, 11) is -3.45. The summed E-state index contributed by atoms with van der Waals surface area (Å²) in [4.78, 5) is 2.19. The molecule has 1 N–H and O–H groups in total. The van der Waals surface area contributed by atoms with E-state index in [9.17, 15) is 13.7 Å². The van der Waals surface area contributed by atoms with Gasteiger partial charge in [0.15, 0.2) is 0 Å². The highest BCUT2D eigenvalue weighted by Crippen LogP contribution is 2.31. The van der Waals surface area contributed by atoms with E-state index in [0.29, 0.717) is 54.8 Å². The molecule has 8 nitrogen and oxygen atoms in total. The zero-order chi connectivity index (χ0) is 31.6. The fraction of sp³-hybridized carbons (Fsp3) is 0.306. The molecule has 1 saturated heterocycles. The molecule has 1 heterocycles. The monoisotopic (exact) mass is 625 g/mol. The summed E-state index contributed by atoms with van der Waals surface area (Å²) in [5.41, 5.74) is 4.91. The summed E-state index contributed by atoms with van der Waals surface area (Å²) in [5.74, 6) is 2.65. The molecule has 0 radical (unpaired) electrons. The van der Waals surface area contributed by atoms with E-state index in [-0.39, 0.29) is 5.75 Å². The number of anilines is 2. The summed E-state index contributed by atoms with van der Waals surface area (Å²) in [6, 6.07) is 31.0. The van der Waals surface area contributed by atoms with E-state index >= 15 is 0 Å². The molecule has 5 rings (SSSR count). The summed E-state index contributed by atoms with van der Waals surface area (Å²) in [6.45, 7) is 7.02. The van der Waals surface area contributed by atoms with Gasteiger partial charge in [-0.3, -0.25) is 4.72 Å². The predicted molar refractivity (Wildman–Crippen MR) is 177 cm³/mol. The van der Waals surface area contributed by atoms with Gasteiger partial charge in [0.2, 0.25) is 10.0 Å². The summed E-state index contributed by atoms with van der Waals surface area (Å²) >= 11 is 0. The standard InChI is InChI=1S/C36H39N3O5S/c1-3-19-45(40,41)38-35-11-6-12-36(27(35)2)39(24-30-8-4-7-29(20-30)22-37)23-28-13-15-32(16-14-28)44-34-10-5-9-33(21-34)43-26-31-17-18-42-25-31/h4-16,20-21,31,38H,3,17-19,23-26H2,1-2H3. The van der Waals surface area contributed by atoms with Crippen molar-refractivity contribution in [1.29, 1.82) is 5.26 Å². The average Bonchev–Trinajstić information content (AvgIpc) is 3.56. The second kappa shape index (κ2) is 15.0. The van der Waals surface area contributed by atoms with E-state index in [1.807, 2.05) is 92.7 Å². The Morgan fingerprint density at radius 2 is 1.69 bits per heavy atom. The largest absolute Gasteiger partial charge is 0.493 e. The first-order valence-electron chi connectivity index (χ1n) is 15.2. The topological polar surface area (TPSA) is 101 Å². The number of ether oxygens (including phenoxy) is 3. The van der Waals surface area contributed by atoms with E-state index in [1.54, 1.807) is 12.1 Å². The number of nitriles is 1. The van der Waals surface area contributed by atoms with Gasteiger partial charge in [-0.25, -0.2) is 8.42 Å². The lowest BCUT2D eigenvalue weighted by Crippen LogP contribution is -2.24. The van der Waals surface area contributed by atoms with Gasteiger partial charge in [0.05, 0.1) is 36.3 Å². The molecule has 0 aromatic heterocycles. The molecule has 0 saturated carbocycles. The van der Waals surface area contributed by atoms with E-state index in [2.05, 4.69) is 15.7 Å². The first kappa shape index (κ1) is 31.9. The van der Waals surface area contributed by atoms with Crippen LogP contribution in [0.2, 0.25) is 0 Å². The van der Waals surface area contributed by atoms with Gasteiger partial charge in [-0.15, -0.1) is 0 Å². The lowest BCUT2D eigenvalue weighted by Gasteiger charge is -2.28. The Morgan fingerprint density at radius 1 is 0.933 bits per heavy atom. The van der Waals surface area contributed by atoms with Crippen molar-refractivity contribution in [2.75, 3.05) is 35.2 Å². The van der Waals surface area contributed by atoms with Crippen molar-refractivity contribution < 1.29 is 22.6 Å². The summed E-state index contributed by atoms with van der Waals surface area (Å²) in [6.07, 6.45) is 1.56. The number of hydrogen-bond donors (Lipinski definition) is 1. The molecule has 45 heavy (non-hydrogen) atoms. The van der Waals surface area contributed by atoms with Gasteiger partial charge in [-0.05, 0) is 85.0 Å². The number of rotatable bonds is 14. The van der Waals surface area contributed by atoms with Crippen LogP contribution in [-0.2, 0) is 27.8 Å². The van der Waals surface area contributed by atoms with Crippen molar-refractivity contribution in [3.63, 3.8) is 0 Å². The van der Waals surface area contributed by atoms with Crippen LogP contribution in [0.1, 0.15) is 42.0 Å². The number of nitrogens with one attached hydrogen (secondary N) is 1. The molecular weight excluding hydrogens is 586 g/mol. The lowest BCUT2D eigenvalue weighted by atomic mass is 10.1. The molecule has 234 valence electrons. The molecule has 9 heteroatoms. The Bertz CT molecular complexity index is 1730. The molecule has 0 spiro atoms. The van der Waals surface area contributed by atoms with Crippen molar-refractivity contribution in [3.05, 3.63) is 113 Å². The molecule has 0 bridgehead atoms. The van der Waals surface area contributed by atoms with Gasteiger partial charge >= 0.3 is 0 Å². The molecule has 1 aliphatic heterocycles. The molecule has 1 fully saturated rings. The Balaban J connectivity index is 1.33. The number of benzene rings is 4. The third-order valence-corrected chi connectivity index (χ3v) is 9.14. The molecule has 4 aromatic rings. The van der Waals surface area contributed by atoms with Crippen molar-refractivity contribution in [2.24, 2.45) is 5.92 Å². The maximum absolute atomic E-state index is 12.6. The Hall–Kier alpha value is -4.52. The zero-order valence-electron chi connectivity index (χ0n) is 25.7. The average molecular weight is 626 g/mol. The molecule has 1 aliphatic rings. The van der Waals surface area contributed by atoms with Crippen LogP contribution in [-0.4, -0.2) is 34.0 Å². The van der Waals surface area contributed by atoms with E-state index in [4.69, 9.17) is 14.2 Å². The Morgan fingerprint density at radius 3 is 2.44 bits per heavy atom. The van der Waals surface area contributed by atoms with Gasteiger partial charge in [-0.2, -0.15) is 5.26 Å². The van der Waals surface area contributed by atoms with Crippen LogP contribution in [0.5, 0.6) is 17.2 Å². The summed E-state index contributed by atoms with van der Waals surface area (Å²) in [5, 5.41) is 9.45. The van der Waals surface area contributed by atoms with Crippen LogP contribution in [0.25, 0.3) is 0 Å². The Labute approximate surface area is 266 Å². The van der Waals surface area contributed by atoms with Gasteiger partial charge in [-0.1, -0.05) is 43.3 Å². The van der Waals surface area contributed by atoms with Crippen molar-refractivity contribution >= 4 is 21.4 Å². The van der Waals surface area contributed by atoms with Crippen LogP contribution in [0.15, 0.2) is 91.0 Å². The van der Waals surface area contributed by atoms with Gasteiger partial charge in [0, 0.05) is 37.4 Å². The number of nitrogens with zero attached hydrogens (tertiary/aromatic N) is 2. The number of sulfonamides is 1. The van der Waals surface area contributed by atoms with Crippen LogP contribution in [0.3, 0.4) is 0 Å². The zero-order valence-corrected chi connectivity index (χ0v) is 26.6. The van der Waals surface area contributed by atoms with Gasteiger partial charge in [0.1, 0.15) is 17.2 Å². The van der Waals surface area contributed by atoms with Crippen molar-refractivity contribution in [2.45, 2.75) is 39.8 Å². The smallest absolute Gasteiger partial charge is 0.232 e. The van der Waals surface area contributed by atoms with Crippen molar-refractivity contribution in [1.82, 2.24) is 0 Å². The second-order valence-corrected chi connectivity index (χ2v) is 13.1. The lowest BCUT2D eigenvalue weighted by molar-refractivity contribution is 0.167. The van der Waals surface area contributed by atoms with E-state index in [0.717, 1.165) is 47.8 Å². The minimum Gasteiger partial charge on any atom is -0.493 e. The van der Waals surface area contributed by atoms with E-state index < -0.39 is 10.0 Å². The minimum atomic E-state index is -3.45.